The maximum absolute atomic E-state index is 11.9. The van der Waals surface area contributed by atoms with Crippen LogP contribution in [0.3, 0.4) is 0 Å². The lowest BCUT2D eigenvalue weighted by Gasteiger charge is -2.04. The number of aromatic nitrogens is 1. The zero-order chi connectivity index (χ0) is 12.3. The summed E-state index contributed by atoms with van der Waals surface area (Å²) in [5.41, 5.74) is 2.29. The first-order chi connectivity index (χ1) is 8.18. The Morgan fingerprint density at radius 1 is 1.41 bits per heavy atom. The lowest BCUT2D eigenvalue weighted by atomic mass is 10.1. The second-order valence-electron chi connectivity index (χ2n) is 3.85. The predicted molar refractivity (Wildman–Crippen MR) is 63.6 cm³/mol. The van der Waals surface area contributed by atoms with Crippen LogP contribution >= 0.6 is 0 Å². The quantitative estimate of drug-likeness (QED) is 0.879. The van der Waals surface area contributed by atoms with Crippen LogP contribution in [-0.2, 0) is 6.54 Å². The molecule has 0 unspecified atom stereocenters. The van der Waals surface area contributed by atoms with Gasteiger partial charge in [-0.05, 0) is 26.0 Å². The molecule has 2 aromatic rings. The predicted octanol–water partition coefficient (Wildman–Crippen LogP) is 2.22. The first-order valence-corrected chi connectivity index (χ1v) is 5.41. The van der Waals surface area contributed by atoms with E-state index in [-0.39, 0.29) is 5.91 Å². The number of hydrogen-bond donors (Lipinski definition) is 1. The number of nitrogens with one attached hydrogen (secondary N) is 1. The number of furan rings is 1. The molecular weight excluding hydrogens is 216 g/mol. The summed E-state index contributed by atoms with van der Waals surface area (Å²) >= 11 is 0. The highest BCUT2D eigenvalue weighted by molar-refractivity contribution is 5.96. The van der Waals surface area contributed by atoms with Crippen LogP contribution < -0.4 is 5.32 Å². The van der Waals surface area contributed by atoms with Crippen molar-refractivity contribution in [2.45, 2.75) is 20.4 Å². The van der Waals surface area contributed by atoms with E-state index in [1.54, 1.807) is 19.4 Å². The molecule has 0 aromatic carbocycles. The van der Waals surface area contributed by atoms with E-state index in [1.807, 2.05) is 25.1 Å². The highest BCUT2D eigenvalue weighted by Crippen LogP contribution is 2.15. The van der Waals surface area contributed by atoms with Gasteiger partial charge in [-0.1, -0.05) is 6.07 Å². The van der Waals surface area contributed by atoms with Gasteiger partial charge in [0.05, 0.1) is 24.1 Å². The number of aryl methyl sites for hydroxylation is 2. The standard InChI is InChI=1S/C13H14N2O2/c1-9-8-17-10(2)12(9)13(16)15-7-11-5-3-4-6-14-11/h3-6,8H,7H2,1-2H3,(H,15,16). The van der Waals surface area contributed by atoms with Crippen molar-refractivity contribution in [3.05, 3.63) is 53.2 Å². The summed E-state index contributed by atoms with van der Waals surface area (Å²) in [6, 6.07) is 5.61. The van der Waals surface area contributed by atoms with Crippen molar-refractivity contribution in [3.8, 4) is 0 Å². The maximum Gasteiger partial charge on any atom is 0.255 e. The number of pyridine rings is 1. The molecule has 2 rings (SSSR count). The van der Waals surface area contributed by atoms with Crippen molar-refractivity contribution in [1.82, 2.24) is 10.3 Å². The summed E-state index contributed by atoms with van der Waals surface area (Å²) in [6.45, 7) is 4.05. The lowest BCUT2D eigenvalue weighted by molar-refractivity contribution is 0.0948. The second kappa shape index (κ2) is 4.82. The van der Waals surface area contributed by atoms with Crippen LogP contribution in [0, 0.1) is 13.8 Å². The summed E-state index contributed by atoms with van der Waals surface area (Å²) in [7, 11) is 0. The molecule has 4 heteroatoms. The molecule has 1 N–H and O–H groups in total. The first kappa shape index (κ1) is 11.4. The average molecular weight is 230 g/mol. The fourth-order valence-corrected chi connectivity index (χ4v) is 1.67. The van der Waals surface area contributed by atoms with E-state index in [0.717, 1.165) is 11.3 Å². The molecule has 0 aliphatic heterocycles. The Hall–Kier alpha value is -2.10. The third-order valence-corrected chi connectivity index (χ3v) is 2.54. The normalized spacial score (nSPS) is 10.2. The van der Waals surface area contributed by atoms with Crippen LogP contribution in [-0.4, -0.2) is 10.9 Å². The van der Waals surface area contributed by atoms with Crippen LogP contribution in [0.5, 0.6) is 0 Å². The van der Waals surface area contributed by atoms with Crippen LogP contribution in [0.4, 0.5) is 0 Å². The van der Waals surface area contributed by atoms with Gasteiger partial charge in [0.15, 0.2) is 0 Å². The highest BCUT2D eigenvalue weighted by Gasteiger charge is 2.14. The molecule has 17 heavy (non-hydrogen) atoms. The lowest BCUT2D eigenvalue weighted by Crippen LogP contribution is -2.24. The zero-order valence-electron chi connectivity index (χ0n) is 9.86. The van der Waals surface area contributed by atoms with Gasteiger partial charge < -0.3 is 9.73 Å². The molecule has 0 fully saturated rings. The zero-order valence-corrected chi connectivity index (χ0v) is 9.86. The molecule has 0 bridgehead atoms. The third kappa shape index (κ3) is 2.53. The molecule has 0 saturated heterocycles. The van der Waals surface area contributed by atoms with Crippen molar-refractivity contribution in [3.63, 3.8) is 0 Å². The average Bonchev–Trinajstić information content (AvgIpc) is 2.67. The van der Waals surface area contributed by atoms with E-state index in [1.165, 1.54) is 0 Å². The van der Waals surface area contributed by atoms with Crippen molar-refractivity contribution >= 4 is 5.91 Å². The molecule has 0 spiro atoms. The molecule has 2 heterocycles. The Balaban J connectivity index is 2.04. The summed E-state index contributed by atoms with van der Waals surface area (Å²) in [4.78, 5) is 16.1. The Morgan fingerprint density at radius 3 is 2.82 bits per heavy atom. The van der Waals surface area contributed by atoms with Crippen LogP contribution in [0.2, 0.25) is 0 Å². The van der Waals surface area contributed by atoms with Crippen LogP contribution in [0.25, 0.3) is 0 Å². The molecule has 88 valence electrons. The van der Waals surface area contributed by atoms with E-state index in [4.69, 9.17) is 4.42 Å². The summed E-state index contributed by atoms with van der Waals surface area (Å²) in [6.07, 6.45) is 3.29. The first-order valence-electron chi connectivity index (χ1n) is 5.41. The van der Waals surface area contributed by atoms with Gasteiger partial charge in [0.25, 0.3) is 5.91 Å². The molecule has 2 aromatic heterocycles. The van der Waals surface area contributed by atoms with Crippen molar-refractivity contribution in [2.75, 3.05) is 0 Å². The summed E-state index contributed by atoms with van der Waals surface area (Å²) in [5.74, 6) is 0.514. The molecule has 0 aliphatic carbocycles. The van der Waals surface area contributed by atoms with Gasteiger partial charge in [0.1, 0.15) is 5.76 Å². The van der Waals surface area contributed by atoms with Gasteiger partial charge in [-0.2, -0.15) is 0 Å². The summed E-state index contributed by atoms with van der Waals surface area (Å²) in [5, 5.41) is 2.82. The van der Waals surface area contributed by atoms with Crippen molar-refractivity contribution in [1.29, 1.82) is 0 Å². The van der Waals surface area contributed by atoms with Gasteiger partial charge in [0.2, 0.25) is 0 Å². The Morgan fingerprint density at radius 2 is 2.24 bits per heavy atom. The second-order valence-corrected chi connectivity index (χ2v) is 3.85. The number of hydrogen-bond acceptors (Lipinski definition) is 3. The highest BCUT2D eigenvalue weighted by atomic mass is 16.3. The molecule has 0 aliphatic rings. The number of amides is 1. The molecule has 0 radical (unpaired) electrons. The topological polar surface area (TPSA) is 55.1 Å². The van der Waals surface area contributed by atoms with Crippen molar-refractivity contribution < 1.29 is 9.21 Å². The Bertz CT molecular complexity index is 498. The monoisotopic (exact) mass is 230 g/mol. The Kier molecular flexibility index (Phi) is 3.23. The van der Waals surface area contributed by atoms with Gasteiger partial charge in [-0.3, -0.25) is 9.78 Å². The molecule has 0 atom stereocenters. The minimum atomic E-state index is -0.126. The van der Waals surface area contributed by atoms with E-state index in [0.29, 0.717) is 17.9 Å². The smallest absolute Gasteiger partial charge is 0.255 e. The van der Waals surface area contributed by atoms with E-state index >= 15 is 0 Å². The van der Waals surface area contributed by atoms with Crippen LogP contribution in [0.1, 0.15) is 27.4 Å². The summed E-state index contributed by atoms with van der Waals surface area (Å²) < 4.78 is 5.19. The third-order valence-electron chi connectivity index (χ3n) is 2.54. The molecule has 0 saturated carbocycles. The van der Waals surface area contributed by atoms with E-state index in [2.05, 4.69) is 10.3 Å². The number of carbonyl (C=O) groups is 1. The SMILES string of the molecule is Cc1coc(C)c1C(=O)NCc1ccccn1. The largest absolute Gasteiger partial charge is 0.469 e. The fourth-order valence-electron chi connectivity index (χ4n) is 1.67. The van der Waals surface area contributed by atoms with Crippen molar-refractivity contribution in [2.24, 2.45) is 0 Å². The Labute approximate surface area is 99.7 Å². The van der Waals surface area contributed by atoms with Crippen LogP contribution in [0.15, 0.2) is 35.1 Å². The molecule has 1 amide bonds. The van der Waals surface area contributed by atoms with Gasteiger partial charge in [-0.15, -0.1) is 0 Å². The van der Waals surface area contributed by atoms with Gasteiger partial charge >= 0.3 is 0 Å². The van der Waals surface area contributed by atoms with E-state index < -0.39 is 0 Å². The molecular formula is C13H14N2O2. The van der Waals surface area contributed by atoms with Gasteiger partial charge in [0, 0.05) is 11.8 Å². The molecule has 4 nitrogen and oxygen atoms in total. The number of nitrogens with zero attached hydrogens (tertiary/aromatic N) is 1. The number of carbonyl (C=O) groups excluding carboxylic acids is 1. The fraction of sp³-hybridized carbons (Fsp3) is 0.231. The minimum Gasteiger partial charge on any atom is -0.469 e. The van der Waals surface area contributed by atoms with E-state index in [9.17, 15) is 4.79 Å². The minimum absolute atomic E-state index is 0.126. The maximum atomic E-state index is 11.9. The van der Waals surface area contributed by atoms with Gasteiger partial charge in [-0.25, -0.2) is 0 Å². The number of rotatable bonds is 3.